The number of hydrogen-bond acceptors (Lipinski definition) is 1. The molecule has 1 heterocycles. The van der Waals surface area contributed by atoms with Gasteiger partial charge in [-0.15, -0.1) is 0 Å². The molecular formula is C12H23N. The molecule has 1 N–H and O–H groups in total. The monoisotopic (exact) mass is 181 g/mol. The summed E-state index contributed by atoms with van der Waals surface area (Å²) in [6, 6.07) is 0.614. The molecule has 1 aliphatic heterocycles. The Morgan fingerprint density at radius 1 is 1.62 bits per heavy atom. The van der Waals surface area contributed by atoms with E-state index >= 15 is 0 Å². The number of allylic oxidation sites excluding steroid dienone is 1. The minimum absolute atomic E-state index is 0.614. The average molecular weight is 181 g/mol. The molecule has 0 aromatic rings. The third kappa shape index (κ3) is 2.57. The average Bonchev–Trinajstić information content (AvgIpc) is 2.16. The summed E-state index contributed by atoms with van der Waals surface area (Å²) in [5.74, 6) is 0.761. The lowest BCUT2D eigenvalue weighted by molar-refractivity contribution is 0.498. The quantitative estimate of drug-likeness (QED) is 0.645. The summed E-state index contributed by atoms with van der Waals surface area (Å²) >= 11 is 0. The highest BCUT2D eigenvalue weighted by Gasteiger charge is 2.17. The van der Waals surface area contributed by atoms with Crippen molar-refractivity contribution in [1.82, 2.24) is 5.32 Å². The van der Waals surface area contributed by atoms with Crippen molar-refractivity contribution in [3.63, 3.8) is 0 Å². The topological polar surface area (TPSA) is 12.0 Å². The third-order valence-electron chi connectivity index (χ3n) is 3.45. The number of hydrogen-bond donors (Lipinski definition) is 1. The molecular weight excluding hydrogens is 158 g/mol. The molecule has 1 rings (SSSR count). The summed E-state index contributed by atoms with van der Waals surface area (Å²) in [5.41, 5.74) is 3.29. The molecule has 1 heteroatoms. The maximum Gasteiger partial charge on any atom is 0.0253 e. The Kier molecular flexibility index (Phi) is 3.98. The molecule has 0 spiro atoms. The van der Waals surface area contributed by atoms with E-state index in [1.807, 2.05) is 0 Å². The second-order valence-electron chi connectivity index (χ2n) is 4.30. The van der Waals surface area contributed by atoms with Gasteiger partial charge in [-0.25, -0.2) is 0 Å². The van der Waals surface area contributed by atoms with E-state index in [9.17, 15) is 0 Å². The predicted octanol–water partition coefficient (Wildman–Crippen LogP) is 3.12. The van der Waals surface area contributed by atoms with Gasteiger partial charge in [0.25, 0.3) is 0 Å². The standard InChI is InChI=1S/C12H23N/c1-5-9(2)10(3)12-7-6-8-13-11(12)4/h9,11,13H,5-8H2,1-4H3/b12-10+. The SMILES string of the molecule is CCC(C)/C(C)=C1\CCCNC1C. The van der Waals surface area contributed by atoms with Crippen LogP contribution in [0.1, 0.15) is 47.0 Å². The van der Waals surface area contributed by atoms with Gasteiger partial charge in [0.1, 0.15) is 0 Å². The lowest BCUT2D eigenvalue weighted by atomic mass is 9.87. The van der Waals surface area contributed by atoms with Gasteiger partial charge in [-0.1, -0.05) is 25.0 Å². The van der Waals surface area contributed by atoms with E-state index in [4.69, 9.17) is 0 Å². The molecule has 1 saturated heterocycles. The lowest BCUT2D eigenvalue weighted by Gasteiger charge is -2.27. The smallest absolute Gasteiger partial charge is 0.0253 e. The van der Waals surface area contributed by atoms with Crippen LogP contribution in [0.3, 0.4) is 0 Å². The molecule has 0 saturated carbocycles. The first-order valence-electron chi connectivity index (χ1n) is 5.59. The second kappa shape index (κ2) is 4.80. The van der Waals surface area contributed by atoms with Crippen LogP contribution in [-0.4, -0.2) is 12.6 Å². The molecule has 1 nitrogen and oxygen atoms in total. The molecule has 13 heavy (non-hydrogen) atoms. The highest BCUT2D eigenvalue weighted by Crippen LogP contribution is 2.25. The van der Waals surface area contributed by atoms with Gasteiger partial charge in [0, 0.05) is 6.04 Å². The van der Waals surface area contributed by atoms with Crippen molar-refractivity contribution in [3.8, 4) is 0 Å². The molecule has 0 bridgehead atoms. The lowest BCUT2D eigenvalue weighted by Crippen LogP contribution is -2.34. The van der Waals surface area contributed by atoms with Gasteiger partial charge in [-0.05, 0) is 45.6 Å². The van der Waals surface area contributed by atoms with E-state index in [1.54, 1.807) is 11.1 Å². The minimum atomic E-state index is 0.614. The Labute approximate surface area is 82.6 Å². The largest absolute Gasteiger partial charge is 0.311 e. The minimum Gasteiger partial charge on any atom is -0.311 e. The molecule has 0 amide bonds. The molecule has 2 atom stereocenters. The predicted molar refractivity (Wildman–Crippen MR) is 58.9 cm³/mol. The summed E-state index contributed by atoms with van der Waals surface area (Å²) in [6.07, 6.45) is 3.89. The van der Waals surface area contributed by atoms with Crippen LogP contribution >= 0.6 is 0 Å². The van der Waals surface area contributed by atoms with E-state index < -0.39 is 0 Å². The van der Waals surface area contributed by atoms with E-state index in [0.717, 1.165) is 5.92 Å². The van der Waals surface area contributed by atoms with Gasteiger partial charge >= 0.3 is 0 Å². The van der Waals surface area contributed by atoms with E-state index in [-0.39, 0.29) is 0 Å². The second-order valence-corrected chi connectivity index (χ2v) is 4.30. The maximum atomic E-state index is 3.53. The molecule has 1 fully saturated rings. The van der Waals surface area contributed by atoms with Gasteiger partial charge in [0.05, 0.1) is 0 Å². The first-order chi connectivity index (χ1) is 6.16. The molecule has 0 aromatic carbocycles. The van der Waals surface area contributed by atoms with Crippen molar-refractivity contribution in [3.05, 3.63) is 11.1 Å². The Morgan fingerprint density at radius 2 is 2.31 bits per heavy atom. The first kappa shape index (κ1) is 10.8. The van der Waals surface area contributed by atoms with E-state index in [2.05, 4.69) is 33.0 Å². The number of nitrogens with one attached hydrogen (secondary N) is 1. The van der Waals surface area contributed by atoms with Crippen LogP contribution in [0.4, 0.5) is 0 Å². The van der Waals surface area contributed by atoms with Crippen LogP contribution in [-0.2, 0) is 0 Å². The zero-order chi connectivity index (χ0) is 9.84. The van der Waals surface area contributed by atoms with Crippen molar-refractivity contribution in [2.45, 2.75) is 53.0 Å². The van der Waals surface area contributed by atoms with Gasteiger partial charge in [0.2, 0.25) is 0 Å². The van der Waals surface area contributed by atoms with Crippen molar-refractivity contribution in [1.29, 1.82) is 0 Å². The molecule has 1 aliphatic rings. The molecule has 0 aliphatic carbocycles. The van der Waals surface area contributed by atoms with Gasteiger partial charge in [-0.3, -0.25) is 0 Å². The fourth-order valence-electron chi connectivity index (χ4n) is 2.10. The van der Waals surface area contributed by atoms with Crippen molar-refractivity contribution in [2.75, 3.05) is 6.54 Å². The Bertz CT molecular complexity index is 193. The Hall–Kier alpha value is -0.300. The van der Waals surface area contributed by atoms with Gasteiger partial charge in [-0.2, -0.15) is 0 Å². The maximum absolute atomic E-state index is 3.53. The number of piperidine rings is 1. The zero-order valence-corrected chi connectivity index (χ0v) is 9.48. The molecule has 0 radical (unpaired) electrons. The summed E-state index contributed by atoms with van der Waals surface area (Å²) in [4.78, 5) is 0. The van der Waals surface area contributed by atoms with Crippen LogP contribution in [0, 0.1) is 5.92 Å². The highest BCUT2D eigenvalue weighted by molar-refractivity contribution is 5.21. The van der Waals surface area contributed by atoms with Crippen molar-refractivity contribution in [2.24, 2.45) is 5.92 Å². The summed E-state index contributed by atoms with van der Waals surface area (Å²) < 4.78 is 0. The molecule has 76 valence electrons. The third-order valence-corrected chi connectivity index (χ3v) is 3.45. The van der Waals surface area contributed by atoms with Crippen molar-refractivity contribution >= 4 is 0 Å². The fourth-order valence-corrected chi connectivity index (χ4v) is 2.10. The van der Waals surface area contributed by atoms with Gasteiger partial charge < -0.3 is 5.32 Å². The highest BCUT2D eigenvalue weighted by atomic mass is 14.9. The summed E-state index contributed by atoms with van der Waals surface area (Å²) in [7, 11) is 0. The summed E-state index contributed by atoms with van der Waals surface area (Å²) in [6.45, 7) is 10.4. The van der Waals surface area contributed by atoms with Crippen LogP contribution < -0.4 is 5.32 Å². The van der Waals surface area contributed by atoms with Crippen LogP contribution in [0.5, 0.6) is 0 Å². The zero-order valence-electron chi connectivity index (χ0n) is 9.48. The van der Waals surface area contributed by atoms with E-state index in [1.165, 1.54) is 25.8 Å². The van der Waals surface area contributed by atoms with Crippen LogP contribution in [0.2, 0.25) is 0 Å². The van der Waals surface area contributed by atoms with Gasteiger partial charge in [0.15, 0.2) is 0 Å². The number of rotatable bonds is 2. The molecule has 0 aromatic heterocycles. The Morgan fingerprint density at radius 3 is 2.85 bits per heavy atom. The van der Waals surface area contributed by atoms with Crippen LogP contribution in [0.25, 0.3) is 0 Å². The Balaban J connectivity index is 2.74. The molecule has 2 unspecified atom stereocenters. The van der Waals surface area contributed by atoms with Crippen molar-refractivity contribution < 1.29 is 0 Å². The normalized spacial score (nSPS) is 30.0. The fraction of sp³-hybridized carbons (Fsp3) is 0.833. The van der Waals surface area contributed by atoms with E-state index in [0.29, 0.717) is 6.04 Å². The first-order valence-corrected chi connectivity index (χ1v) is 5.59. The summed E-state index contributed by atoms with van der Waals surface area (Å²) in [5, 5.41) is 3.53. The van der Waals surface area contributed by atoms with Crippen LogP contribution in [0.15, 0.2) is 11.1 Å².